The van der Waals surface area contributed by atoms with Gasteiger partial charge in [0.1, 0.15) is 11.4 Å². The molecule has 0 spiro atoms. The molecule has 0 fully saturated rings. The molecule has 1 rings (SSSR count). The molecule has 0 aliphatic carbocycles. The van der Waals surface area contributed by atoms with Crippen molar-refractivity contribution in [1.29, 1.82) is 0 Å². The molecule has 1 aromatic rings. The van der Waals surface area contributed by atoms with Gasteiger partial charge in [0.25, 0.3) is 0 Å². The van der Waals surface area contributed by atoms with Crippen LogP contribution in [0.3, 0.4) is 0 Å². The van der Waals surface area contributed by atoms with Gasteiger partial charge in [0, 0.05) is 6.07 Å². The Morgan fingerprint density at radius 1 is 1.21 bits per heavy atom. The quantitative estimate of drug-likeness (QED) is 0.726. The summed E-state index contributed by atoms with van der Waals surface area (Å²) in [6.45, 7) is 3.81. The molecule has 0 radical (unpaired) electrons. The van der Waals surface area contributed by atoms with E-state index in [1.165, 1.54) is 0 Å². The minimum Gasteiger partial charge on any atom is -0.487 e. The molecule has 4 heteroatoms. The average molecular weight is 254 g/mol. The molecule has 0 amide bonds. The third kappa shape index (κ3) is 3.23. The van der Waals surface area contributed by atoms with Crippen molar-refractivity contribution in [2.45, 2.75) is 19.4 Å². The third-order valence-corrected chi connectivity index (χ3v) is 2.99. The Balaban J connectivity index is 2.83. The standard InChI is InChI=1S/C10H11Cl3O/c1-10(2,6-11)14-7-3-4-8(12)9(13)5-7/h3-5H,6H2,1-2H3. The van der Waals surface area contributed by atoms with Crippen LogP contribution in [0.15, 0.2) is 18.2 Å². The van der Waals surface area contributed by atoms with Gasteiger partial charge in [0.2, 0.25) is 0 Å². The minimum absolute atomic E-state index is 0.404. The lowest BCUT2D eigenvalue weighted by Gasteiger charge is -2.23. The highest BCUT2D eigenvalue weighted by Crippen LogP contribution is 2.28. The molecule has 0 aliphatic heterocycles. The highest BCUT2D eigenvalue weighted by Gasteiger charge is 2.18. The lowest BCUT2D eigenvalue weighted by atomic mass is 10.2. The molecule has 0 aliphatic rings. The van der Waals surface area contributed by atoms with Crippen LogP contribution in [-0.2, 0) is 0 Å². The van der Waals surface area contributed by atoms with E-state index in [2.05, 4.69) is 0 Å². The molecule has 0 N–H and O–H groups in total. The van der Waals surface area contributed by atoms with Gasteiger partial charge in [-0.3, -0.25) is 0 Å². The lowest BCUT2D eigenvalue weighted by molar-refractivity contribution is 0.134. The van der Waals surface area contributed by atoms with E-state index >= 15 is 0 Å². The molecule has 0 unspecified atom stereocenters. The molecule has 0 aromatic heterocycles. The maximum Gasteiger partial charge on any atom is 0.121 e. The van der Waals surface area contributed by atoms with Crippen molar-refractivity contribution in [2.24, 2.45) is 0 Å². The molecule has 14 heavy (non-hydrogen) atoms. The van der Waals surface area contributed by atoms with Crippen molar-refractivity contribution < 1.29 is 4.74 Å². The molecule has 0 saturated heterocycles. The summed E-state index contributed by atoms with van der Waals surface area (Å²) in [6.07, 6.45) is 0. The normalized spacial score (nSPS) is 11.5. The van der Waals surface area contributed by atoms with Gasteiger partial charge >= 0.3 is 0 Å². The number of halogens is 3. The summed E-state index contributed by atoms with van der Waals surface area (Å²) >= 11 is 17.3. The number of hydrogen-bond donors (Lipinski definition) is 0. The first-order chi connectivity index (χ1) is 6.44. The Labute approximate surface area is 98.9 Å². The largest absolute Gasteiger partial charge is 0.487 e. The number of ether oxygens (including phenoxy) is 1. The van der Waals surface area contributed by atoms with Gasteiger partial charge in [-0.25, -0.2) is 0 Å². The number of alkyl halides is 1. The molecule has 0 atom stereocenters. The summed E-state index contributed by atoms with van der Waals surface area (Å²) in [4.78, 5) is 0. The molecule has 0 bridgehead atoms. The van der Waals surface area contributed by atoms with E-state index in [1.807, 2.05) is 13.8 Å². The van der Waals surface area contributed by atoms with Crippen molar-refractivity contribution in [3.8, 4) is 5.75 Å². The first kappa shape index (κ1) is 12.0. The van der Waals surface area contributed by atoms with Crippen LogP contribution in [0.2, 0.25) is 10.0 Å². The van der Waals surface area contributed by atoms with Crippen LogP contribution in [0.25, 0.3) is 0 Å². The zero-order chi connectivity index (χ0) is 10.8. The van der Waals surface area contributed by atoms with E-state index in [9.17, 15) is 0 Å². The fourth-order valence-electron chi connectivity index (χ4n) is 0.887. The Morgan fingerprint density at radius 3 is 2.36 bits per heavy atom. The second-order valence-corrected chi connectivity index (χ2v) is 4.65. The summed E-state index contributed by atoms with van der Waals surface area (Å²) in [5.74, 6) is 1.08. The predicted molar refractivity (Wildman–Crippen MR) is 61.9 cm³/mol. The van der Waals surface area contributed by atoms with Crippen LogP contribution < -0.4 is 4.74 Å². The monoisotopic (exact) mass is 252 g/mol. The van der Waals surface area contributed by atoms with Crippen molar-refractivity contribution in [3.63, 3.8) is 0 Å². The second-order valence-electron chi connectivity index (χ2n) is 3.57. The molecule has 1 aromatic carbocycles. The maximum atomic E-state index is 5.84. The van der Waals surface area contributed by atoms with Gasteiger partial charge in [-0.2, -0.15) is 0 Å². The summed E-state index contributed by atoms with van der Waals surface area (Å²) in [5, 5.41) is 0.997. The lowest BCUT2D eigenvalue weighted by Crippen LogP contribution is -2.30. The van der Waals surface area contributed by atoms with Gasteiger partial charge in [-0.15, -0.1) is 11.6 Å². The van der Waals surface area contributed by atoms with Crippen LogP contribution >= 0.6 is 34.8 Å². The van der Waals surface area contributed by atoms with E-state index in [1.54, 1.807) is 18.2 Å². The second kappa shape index (κ2) is 4.61. The van der Waals surface area contributed by atoms with Gasteiger partial charge in [0.05, 0.1) is 15.9 Å². The maximum absolute atomic E-state index is 5.84. The van der Waals surface area contributed by atoms with Crippen molar-refractivity contribution in [2.75, 3.05) is 5.88 Å². The number of hydrogen-bond acceptors (Lipinski definition) is 1. The predicted octanol–water partition coefficient (Wildman–Crippen LogP) is 4.39. The molecule has 0 heterocycles. The summed E-state index contributed by atoms with van der Waals surface area (Å²) in [5.41, 5.74) is -0.404. The number of rotatable bonds is 3. The van der Waals surface area contributed by atoms with Crippen LogP contribution in [0.1, 0.15) is 13.8 Å². The van der Waals surface area contributed by atoms with Crippen molar-refractivity contribution in [1.82, 2.24) is 0 Å². The third-order valence-electron chi connectivity index (χ3n) is 1.61. The highest BCUT2D eigenvalue weighted by molar-refractivity contribution is 6.42. The average Bonchev–Trinajstić information content (AvgIpc) is 2.11. The summed E-state index contributed by atoms with van der Waals surface area (Å²) < 4.78 is 5.61. The summed E-state index contributed by atoms with van der Waals surface area (Å²) in [7, 11) is 0. The van der Waals surface area contributed by atoms with E-state index in [0.717, 1.165) is 0 Å². The zero-order valence-electron chi connectivity index (χ0n) is 7.98. The fraction of sp³-hybridized carbons (Fsp3) is 0.400. The first-order valence-electron chi connectivity index (χ1n) is 4.15. The van der Waals surface area contributed by atoms with Crippen LogP contribution in [0.5, 0.6) is 5.75 Å². The van der Waals surface area contributed by atoms with Gasteiger partial charge < -0.3 is 4.74 Å². The van der Waals surface area contributed by atoms with E-state index in [4.69, 9.17) is 39.5 Å². The smallest absolute Gasteiger partial charge is 0.121 e. The Kier molecular flexibility index (Phi) is 3.94. The number of benzene rings is 1. The Morgan fingerprint density at radius 2 is 1.86 bits per heavy atom. The van der Waals surface area contributed by atoms with Gasteiger partial charge in [-0.05, 0) is 26.0 Å². The minimum atomic E-state index is -0.404. The van der Waals surface area contributed by atoms with Crippen LogP contribution in [0.4, 0.5) is 0 Å². The van der Waals surface area contributed by atoms with Gasteiger partial charge in [-0.1, -0.05) is 23.2 Å². The molecular weight excluding hydrogens is 242 g/mol. The summed E-state index contributed by atoms with van der Waals surface area (Å²) in [6, 6.07) is 5.14. The highest BCUT2D eigenvalue weighted by atomic mass is 35.5. The van der Waals surface area contributed by atoms with E-state index in [-0.39, 0.29) is 0 Å². The molecule has 0 saturated carbocycles. The Bertz CT molecular complexity index is 323. The Hall–Kier alpha value is -0.110. The van der Waals surface area contributed by atoms with Crippen LogP contribution in [0, 0.1) is 0 Å². The van der Waals surface area contributed by atoms with Crippen molar-refractivity contribution >= 4 is 34.8 Å². The zero-order valence-corrected chi connectivity index (χ0v) is 10.2. The molecule has 1 nitrogen and oxygen atoms in total. The SMILES string of the molecule is CC(C)(CCl)Oc1ccc(Cl)c(Cl)c1. The topological polar surface area (TPSA) is 9.23 Å². The van der Waals surface area contributed by atoms with Crippen LogP contribution in [-0.4, -0.2) is 11.5 Å². The van der Waals surface area contributed by atoms with E-state index < -0.39 is 5.60 Å². The van der Waals surface area contributed by atoms with Gasteiger partial charge in [0.15, 0.2) is 0 Å². The fourth-order valence-corrected chi connectivity index (χ4v) is 1.23. The molecular formula is C10H11Cl3O. The molecule has 78 valence electrons. The van der Waals surface area contributed by atoms with Crippen molar-refractivity contribution in [3.05, 3.63) is 28.2 Å². The first-order valence-corrected chi connectivity index (χ1v) is 5.44. The van der Waals surface area contributed by atoms with E-state index in [0.29, 0.717) is 21.7 Å².